The summed E-state index contributed by atoms with van der Waals surface area (Å²) in [5.74, 6) is 3.16. The summed E-state index contributed by atoms with van der Waals surface area (Å²) in [6.45, 7) is 2.33. The molecule has 120 valence electrons. The van der Waals surface area contributed by atoms with E-state index in [1.54, 1.807) is 7.11 Å². The molecule has 1 N–H and O–H groups in total. The Bertz CT molecular complexity index is 465. The minimum atomic E-state index is -0.00797. The quantitative estimate of drug-likeness (QED) is 0.496. The number of hydrogen-bond donors (Lipinski definition) is 1. The molecule has 0 spiro atoms. The molecule has 1 aromatic rings. The van der Waals surface area contributed by atoms with Crippen LogP contribution in [-0.2, 0) is 20.7 Å². The summed E-state index contributed by atoms with van der Waals surface area (Å²) >= 11 is 0. The molecule has 0 heterocycles. The smallest absolute Gasteiger partial charge is 0.222 e. The number of benzene rings is 1. The lowest BCUT2D eigenvalue weighted by Crippen LogP contribution is -2.26. The largest absolute Gasteiger partial charge is 0.481 e. The molecule has 0 fully saturated rings. The van der Waals surface area contributed by atoms with E-state index in [1.165, 1.54) is 0 Å². The zero-order valence-corrected chi connectivity index (χ0v) is 13.0. The van der Waals surface area contributed by atoms with Gasteiger partial charge in [0.05, 0.1) is 19.8 Å². The molecule has 0 saturated carbocycles. The maximum Gasteiger partial charge on any atom is 0.222 e. The molecule has 5 heteroatoms. The second kappa shape index (κ2) is 11.6. The minimum absolute atomic E-state index is 0.00797. The number of carbonyl (C=O) groups is 1. The number of carbonyl (C=O) groups excluding carboxylic acids is 1. The van der Waals surface area contributed by atoms with Crippen LogP contribution in [0, 0.1) is 12.3 Å². The first-order chi connectivity index (χ1) is 10.8. The number of amides is 1. The maximum absolute atomic E-state index is 11.6. The summed E-state index contributed by atoms with van der Waals surface area (Å²) < 4.78 is 15.4. The van der Waals surface area contributed by atoms with E-state index in [-0.39, 0.29) is 12.5 Å². The Hall–Kier alpha value is -2.03. The van der Waals surface area contributed by atoms with Crippen molar-refractivity contribution in [3.8, 4) is 18.1 Å². The summed E-state index contributed by atoms with van der Waals surface area (Å²) in [6, 6.07) is 7.67. The molecule has 0 radical (unpaired) electrons. The van der Waals surface area contributed by atoms with Crippen molar-refractivity contribution in [3.05, 3.63) is 29.8 Å². The van der Waals surface area contributed by atoms with Crippen molar-refractivity contribution < 1.29 is 19.0 Å². The van der Waals surface area contributed by atoms with Crippen LogP contribution in [0.3, 0.4) is 0 Å². The fourth-order valence-electron chi connectivity index (χ4n) is 1.72. The van der Waals surface area contributed by atoms with E-state index >= 15 is 0 Å². The molecule has 1 aromatic carbocycles. The van der Waals surface area contributed by atoms with Crippen LogP contribution in [0.25, 0.3) is 0 Å². The van der Waals surface area contributed by atoms with Crippen molar-refractivity contribution >= 4 is 5.91 Å². The Labute approximate surface area is 131 Å². The van der Waals surface area contributed by atoms with Crippen molar-refractivity contribution in [2.24, 2.45) is 0 Å². The van der Waals surface area contributed by atoms with Crippen LogP contribution < -0.4 is 10.1 Å². The summed E-state index contributed by atoms with van der Waals surface area (Å²) in [5, 5.41) is 2.86. The summed E-state index contributed by atoms with van der Waals surface area (Å²) in [4.78, 5) is 11.6. The molecule has 0 aliphatic rings. The van der Waals surface area contributed by atoms with Gasteiger partial charge in [-0.05, 0) is 24.1 Å². The van der Waals surface area contributed by atoms with Crippen LogP contribution in [0.5, 0.6) is 5.75 Å². The van der Waals surface area contributed by atoms with Crippen LogP contribution in [0.4, 0.5) is 0 Å². The van der Waals surface area contributed by atoms with Gasteiger partial charge >= 0.3 is 0 Å². The molecular formula is C17H23NO4. The third-order valence-electron chi connectivity index (χ3n) is 2.89. The van der Waals surface area contributed by atoms with Gasteiger partial charge in [-0.2, -0.15) is 0 Å². The van der Waals surface area contributed by atoms with Crippen molar-refractivity contribution in [1.29, 1.82) is 0 Å². The number of nitrogens with one attached hydrogen (secondary N) is 1. The van der Waals surface area contributed by atoms with Crippen molar-refractivity contribution in [2.45, 2.75) is 12.8 Å². The van der Waals surface area contributed by atoms with E-state index in [0.717, 1.165) is 17.7 Å². The van der Waals surface area contributed by atoms with Crippen LogP contribution in [0.15, 0.2) is 24.3 Å². The molecule has 1 rings (SSSR count). The number of ether oxygens (including phenoxy) is 3. The highest BCUT2D eigenvalue weighted by Gasteiger charge is 2.01. The summed E-state index contributed by atoms with van der Waals surface area (Å²) in [5.41, 5.74) is 1.13. The SMILES string of the molecule is C#CCOc1ccc(CCNC(=O)CCOCCOC)cc1. The topological polar surface area (TPSA) is 56.8 Å². The number of rotatable bonds is 11. The fraction of sp³-hybridized carbons (Fsp3) is 0.471. The average molecular weight is 305 g/mol. The van der Waals surface area contributed by atoms with Gasteiger partial charge in [0, 0.05) is 20.1 Å². The lowest BCUT2D eigenvalue weighted by molar-refractivity contribution is -0.122. The Morgan fingerprint density at radius 1 is 1.23 bits per heavy atom. The van der Waals surface area contributed by atoms with Crippen molar-refractivity contribution in [3.63, 3.8) is 0 Å². The van der Waals surface area contributed by atoms with Gasteiger partial charge in [-0.25, -0.2) is 0 Å². The molecule has 22 heavy (non-hydrogen) atoms. The first-order valence-corrected chi connectivity index (χ1v) is 7.25. The molecule has 0 aliphatic heterocycles. The molecular weight excluding hydrogens is 282 g/mol. The first-order valence-electron chi connectivity index (χ1n) is 7.25. The Morgan fingerprint density at radius 2 is 2.00 bits per heavy atom. The van der Waals surface area contributed by atoms with Crippen LogP contribution >= 0.6 is 0 Å². The standard InChI is InChI=1S/C17H23NO4/c1-3-11-22-16-6-4-15(5-7-16)8-10-18-17(19)9-12-21-14-13-20-2/h1,4-7H,8-14H2,2H3,(H,18,19). The molecule has 5 nitrogen and oxygen atoms in total. The second-order valence-corrected chi connectivity index (χ2v) is 4.59. The van der Waals surface area contributed by atoms with E-state index in [0.29, 0.717) is 32.8 Å². The summed E-state index contributed by atoms with van der Waals surface area (Å²) in [7, 11) is 1.61. The normalized spacial score (nSPS) is 10.0. The third-order valence-corrected chi connectivity index (χ3v) is 2.89. The molecule has 1 amide bonds. The van der Waals surface area contributed by atoms with Crippen LogP contribution in [0.1, 0.15) is 12.0 Å². The Balaban J connectivity index is 2.13. The highest BCUT2D eigenvalue weighted by molar-refractivity contribution is 5.75. The predicted molar refractivity (Wildman–Crippen MR) is 84.8 cm³/mol. The molecule has 0 saturated heterocycles. The van der Waals surface area contributed by atoms with E-state index in [2.05, 4.69) is 11.2 Å². The Morgan fingerprint density at radius 3 is 2.68 bits per heavy atom. The minimum Gasteiger partial charge on any atom is -0.481 e. The van der Waals surface area contributed by atoms with Gasteiger partial charge in [-0.1, -0.05) is 18.1 Å². The van der Waals surface area contributed by atoms with Gasteiger partial charge in [0.2, 0.25) is 5.91 Å². The van der Waals surface area contributed by atoms with E-state index < -0.39 is 0 Å². The Kier molecular flexibility index (Phi) is 9.51. The van der Waals surface area contributed by atoms with Crippen molar-refractivity contribution in [1.82, 2.24) is 5.32 Å². The molecule has 0 atom stereocenters. The van der Waals surface area contributed by atoms with Crippen molar-refractivity contribution in [2.75, 3.05) is 40.1 Å². The van der Waals surface area contributed by atoms with Gasteiger partial charge in [0.25, 0.3) is 0 Å². The average Bonchev–Trinajstić information content (AvgIpc) is 2.54. The van der Waals surface area contributed by atoms with Gasteiger partial charge in [0.1, 0.15) is 12.4 Å². The molecule has 0 aliphatic carbocycles. The lowest BCUT2D eigenvalue weighted by atomic mass is 10.1. The zero-order valence-electron chi connectivity index (χ0n) is 13.0. The molecule has 0 unspecified atom stereocenters. The van der Waals surface area contributed by atoms with E-state index in [9.17, 15) is 4.79 Å². The third kappa shape index (κ3) is 8.30. The number of terminal acetylenes is 1. The first kappa shape index (κ1) is 18.0. The predicted octanol–water partition coefficient (Wildman–Crippen LogP) is 1.41. The lowest BCUT2D eigenvalue weighted by Gasteiger charge is -2.07. The summed E-state index contributed by atoms with van der Waals surface area (Å²) in [6.07, 6.45) is 6.26. The number of hydrogen-bond acceptors (Lipinski definition) is 4. The van der Waals surface area contributed by atoms with E-state index in [4.69, 9.17) is 20.6 Å². The van der Waals surface area contributed by atoms with E-state index in [1.807, 2.05) is 24.3 Å². The van der Waals surface area contributed by atoms with Gasteiger partial charge < -0.3 is 19.5 Å². The highest BCUT2D eigenvalue weighted by atomic mass is 16.5. The zero-order chi connectivity index (χ0) is 16.0. The maximum atomic E-state index is 11.6. The number of methoxy groups -OCH3 is 1. The van der Waals surface area contributed by atoms with Gasteiger partial charge in [0.15, 0.2) is 0 Å². The monoisotopic (exact) mass is 305 g/mol. The van der Waals surface area contributed by atoms with Crippen LogP contribution in [-0.4, -0.2) is 46.0 Å². The second-order valence-electron chi connectivity index (χ2n) is 4.59. The molecule has 0 bridgehead atoms. The molecule has 0 aromatic heterocycles. The van der Waals surface area contributed by atoms with Gasteiger partial charge in [-0.15, -0.1) is 6.42 Å². The van der Waals surface area contributed by atoms with Crippen LogP contribution in [0.2, 0.25) is 0 Å². The fourth-order valence-corrected chi connectivity index (χ4v) is 1.72. The highest BCUT2D eigenvalue weighted by Crippen LogP contribution is 2.12. The van der Waals surface area contributed by atoms with Gasteiger partial charge in [-0.3, -0.25) is 4.79 Å².